The third kappa shape index (κ3) is 10.5. The maximum absolute atomic E-state index is 12.9. The largest absolute Gasteiger partial charge is 0.494 e. The number of carbonyl (C=O) groups excluding carboxylic acids is 1. The lowest BCUT2D eigenvalue weighted by atomic mass is 9.68. The molecule has 0 heterocycles. The molecule has 0 saturated heterocycles. The van der Waals surface area contributed by atoms with E-state index in [9.17, 15) is 4.79 Å². The van der Waals surface area contributed by atoms with E-state index in [1.54, 1.807) is 0 Å². The maximum Gasteiger partial charge on any atom is 0.309 e. The zero-order chi connectivity index (χ0) is 26.4. The molecule has 0 aliphatic rings. The second-order valence-electron chi connectivity index (χ2n) is 11.1. The summed E-state index contributed by atoms with van der Waals surface area (Å²) in [4.78, 5) is 12.9. The summed E-state index contributed by atoms with van der Waals surface area (Å²) < 4.78 is 11.6. The molecule has 0 aliphatic carbocycles. The number of carbonyl (C=O) groups is 1. The van der Waals surface area contributed by atoms with Crippen molar-refractivity contribution in [3.05, 3.63) is 54.6 Å². The predicted octanol–water partition coefficient (Wildman–Crippen LogP) is 9.46. The van der Waals surface area contributed by atoms with Crippen LogP contribution in [0.2, 0.25) is 0 Å². The highest BCUT2D eigenvalue weighted by Gasteiger charge is 2.38. The molecule has 0 aromatic heterocycles. The summed E-state index contributed by atoms with van der Waals surface area (Å²) in [6.07, 6.45) is 6.83. The van der Waals surface area contributed by atoms with Gasteiger partial charge in [0.15, 0.2) is 0 Å². The van der Waals surface area contributed by atoms with E-state index in [1.165, 1.54) is 0 Å². The average molecular weight is 495 g/mol. The molecule has 0 spiro atoms. The summed E-state index contributed by atoms with van der Waals surface area (Å²) in [5, 5.41) is 8.48. The first-order valence-electron chi connectivity index (χ1n) is 13.5. The van der Waals surface area contributed by atoms with Crippen molar-refractivity contribution in [2.24, 2.45) is 27.0 Å². The van der Waals surface area contributed by atoms with Crippen molar-refractivity contribution in [2.45, 2.75) is 86.5 Å². The monoisotopic (exact) mass is 494 g/mol. The van der Waals surface area contributed by atoms with E-state index in [0.717, 1.165) is 62.1 Å². The van der Waals surface area contributed by atoms with Gasteiger partial charge in [-0.3, -0.25) is 4.79 Å². The van der Waals surface area contributed by atoms with Crippen LogP contribution in [0.1, 0.15) is 86.5 Å². The van der Waals surface area contributed by atoms with Crippen LogP contribution in [-0.2, 0) is 9.53 Å². The van der Waals surface area contributed by atoms with Gasteiger partial charge in [-0.2, -0.15) is 10.2 Å². The molecule has 0 fully saturated rings. The van der Waals surface area contributed by atoms with E-state index in [4.69, 9.17) is 9.47 Å². The Bertz CT molecular complexity index is 921. The van der Waals surface area contributed by atoms with Gasteiger partial charge in [0, 0.05) is 0 Å². The van der Waals surface area contributed by atoms with Gasteiger partial charge in [-0.1, -0.05) is 72.6 Å². The van der Waals surface area contributed by atoms with Gasteiger partial charge in [0.1, 0.15) is 5.75 Å². The molecule has 0 N–H and O–H groups in total. The normalized spacial score (nSPS) is 13.1. The van der Waals surface area contributed by atoms with E-state index in [1.807, 2.05) is 54.6 Å². The molecule has 0 saturated carbocycles. The lowest BCUT2D eigenvalue weighted by Gasteiger charge is -2.37. The van der Waals surface area contributed by atoms with Crippen molar-refractivity contribution >= 4 is 17.3 Å². The van der Waals surface area contributed by atoms with Crippen molar-refractivity contribution in [3.8, 4) is 5.75 Å². The van der Waals surface area contributed by atoms with Crippen molar-refractivity contribution in [2.75, 3.05) is 13.2 Å². The van der Waals surface area contributed by atoms with E-state index >= 15 is 0 Å². The summed E-state index contributed by atoms with van der Waals surface area (Å²) in [5.74, 6) is 0.748. The number of benzene rings is 2. The van der Waals surface area contributed by atoms with Gasteiger partial charge < -0.3 is 9.47 Å². The van der Waals surface area contributed by atoms with Gasteiger partial charge in [0.2, 0.25) is 0 Å². The maximum atomic E-state index is 12.9. The first-order chi connectivity index (χ1) is 17.2. The van der Waals surface area contributed by atoms with E-state index in [0.29, 0.717) is 13.2 Å². The summed E-state index contributed by atoms with van der Waals surface area (Å²) >= 11 is 0. The van der Waals surface area contributed by atoms with Gasteiger partial charge in [-0.15, -0.1) is 0 Å². The number of rotatable bonds is 16. The molecular weight excluding hydrogens is 448 g/mol. The average Bonchev–Trinajstić information content (AvgIpc) is 2.88. The number of hydrogen-bond donors (Lipinski definition) is 0. The Morgan fingerprint density at radius 1 is 0.778 bits per heavy atom. The van der Waals surface area contributed by atoms with Crippen LogP contribution in [0, 0.1) is 16.7 Å². The summed E-state index contributed by atoms with van der Waals surface area (Å²) in [6.45, 7) is 14.4. The Labute approximate surface area is 218 Å². The van der Waals surface area contributed by atoms with Crippen LogP contribution in [0.15, 0.2) is 64.8 Å². The molecule has 2 aromatic rings. The Balaban J connectivity index is 1.63. The SMILES string of the molecule is CCC(C)(C)CC(C(=O)OCCCCCCOc1ccc(N=Nc2ccccc2)cc1)C(C)(C)CC. The molecule has 0 aliphatic heterocycles. The van der Waals surface area contributed by atoms with E-state index < -0.39 is 0 Å². The molecule has 0 amide bonds. The second kappa shape index (κ2) is 14.8. The molecule has 198 valence electrons. The highest BCUT2D eigenvalue weighted by atomic mass is 16.5. The first-order valence-corrected chi connectivity index (χ1v) is 13.5. The summed E-state index contributed by atoms with van der Waals surface area (Å²) in [6, 6.07) is 17.3. The summed E-state index contributed by atoms with van der Waals surface area (Å²) in [7, 11) is 0. The van der Waals surface area contributed by atoms with Gasteiger partial charge in [-0.25, -0.2) is 0 Å². The molecule has 5 nitrogen and oxygen atoms in total. The minimum Gasteiger partial charge on any atom is -0.494 e. The lowest BCUT2D eigenvalue weighted by molar-refractivity contribution is -0.154. The smallest absolute Gasteiger partial charge is 0.309 e. The molecular formula is C31H46N2O3. The van der Waals surface area contributed by atoms with Crippen molar-refractivity contribution in [3.63, 3.8) is 0 Å². The van der Waals surface area contributed by atoms with Gasteiger partial charge in [0.25, 0.3) is 0 Å². The molecule has 2 aromatic carbocycles. The van der Waals surface area contributed by atoms with Crippen LogP contribution in [-0.4, -0.2) is 19.2 Å². The lowest BCUT2D eigenvalue weighted by Crippen LogP contribution is -2.35. The van der Waals surface area contributed by atoms with Crippen molar-refractivity contribution < 1.29 is 14.3 Å². The molecule has 0 bridgehead atoms. The fourth-order valence-electron chi connectivity index (χ4n) is 3.86. The van der Waals surface area contributed by atoms with Crippen LogP contribution in [0.25, 0.3) is 0 Å². The third-order valence-electron chi connectivity index (χ3n) is 7.28. The third-order valence-corrected chi connectivity index (χ3v) is 7.28. The van der Waals surface area contributed by atoms with Crippen LogP contribution in [0.3, 0.4) is 0 Å². The molecule has 1 unspecified atom stereocenters. The highest BCUT2D eigenvalue weighted by Crippen LogP contribution is 2.40. The highest BCUT2D eigenvalue weighted by molar-refractivity contribution is 5.73. The number of nitrogens with zero attached hydrogens (tertiary/aromatic N) is 2. The van der Waals surface area contributed by atoms with Crippen molar-refractivity contribution in [1.29, 1.82) is 0 Å². The number of unbranched alkanes of at least 4 members (excludes halogenated alkanes) is 3. The number of ether oxygens (including phenoxy) is 2. The fraction of sp³-hybridized carbons (Fsp3) is 0.581. The predicted molar refractivity (Wildman–Crippen MR) is 148 cm³/mol. The van der Waals surface area contributed by atoms with Crippen LogP contribution in [0.5, 0.6) is 5.75 Å². The standard InChI is InChI=1S/C31H46N2O3/c1-7-30(3,4)24-28(31(5,6)8-2)29(34)36-23-15-10-9-14-22-35-27-20-18-26(19-21-27)33-32-25-16-12-11-13-17-25/h11-13,16-21,28H,7-10,14-15,22-24H2,1-6H3. The molecule has 2 rings (SSSR count). The zero-order valence-corrected chi connectivity index (χ0v) is 23.3. The van der Waals surface area contributed by atoms with E-state index in [-0.39, 0.29) is 22.7 Å². The van der Waals surface area contributed by atoms with Crippen LogP contribution < -0.4 is 4.74 Å². The minimum absolute atomic E-state index is 0.0292. The summed E-state index contributed by atoms with van der Waals surface area (Å²) in [5.41, 5.74) is 1.72. The van der Waals surface area contributed by atoms with E-state index in [2.05, 4.69) is 51.8 Å². The molecule has 1 atom stereocenters. The number of esters is 1. The van der Waals surface area contributed by atoms with Crippen molar-refractivity contribution in [1.82, 2.24) is 0 Å². The Kier molecular flexibility index (Phi) is 12.1. The quantitative estimate of drug-likeness (QED) is 0.133. The number of azo groups is 1. The molecule has 5 heteroatoms. The van der Waals surface area contributed by atoms with Gasteiger partial charge in [-0.05, 0) is 79.3 Å². The molecule has 36 heavy (non-hydrogen) atoms. The first kappa shape index (κ1) is 29.5. The van der Waals surface area contributed by atoms with Gasteiger partial charge >= 0.3 is 5.97 Å². The zero-order valence-electron chi connectivity index (χ0n) is 23.3. The Morgan fingerprint density at radius 3 is 1.94 bits per heavy atom. The van der Waals surface area contributed by atoms with Gasteiger partial charge in [0.05, 0.1) is 30.5 Å². The Morgan fingerprint density at radius 2 is 1.36 bits per heavy atom. The number of hydrogen-bond acceptors (Lipinski definition) is 5. The Hall–Kier alpha value is -2.69. The van der Waals surface area contributed by atoms with Crippen LogP contribution in [0.4, 0.5) is 11.4 Å². The van der Waals surface area contributed by atoms with Crippen LogP contribution >= 0.6 is 0 Å². The topological polar surface area (TPSA) is 60.2 Å². The second-order valence-corrected chi connectivity index (χ2v) is 11.1. The molecule has 0 radical (unpaired) electrons. The fourth-order valence-corrected chi connectivity index (χ4v) is 3.86. The minimum atomic E-state index is -0.0583.